The minimum atomic E-state index is -1.14. The lowest BCUT2D eigenvalue weighted by Gasteiger charge is -2.18. The van der Waals surface area contributed by atoms with E-state index < -0.39 is 12.1 Å². The zero-order valence-corrected chi connectivity index (χ0v) is 19.6. The van der Waals surface area contributed by atoms with Crippen molar-refractivity contribution in [1.29, 1.82) is 0 Å². The van der Waals surface area contributed by atoms with Gasteiger partial charge in [-0.15, -0.1) is 10.2 Å². The molecular weight excluding hydrogens is 476 g/mol. The van der Waals surface area contributed by atoms with E-state index in [0.717, 1.165) is 5.56 Å². The highest BCUT2D eigenvalue weighted by atomic mass is 35.5. The predicted octanol–water partition coefficient (Wildman–Crippen LogP) is 6.84. The molecule has 5 aromatic rings. The maximum Gasteiger partial charge on any atom is 0.339 e. The van der Waals surface area contributed by atoms with Crippen molar-refractivity contribution in [2.24, 2.45) is 0 Å². The van der Waals surface area contributed by atoms with Crippen LogP contribution in [0.4, 0.5) is 0 Å². The molecule has 0 amide bonds. The maximum absolute atomic E-state index is 13.3. The molecule has 0 radical (unpaired) electrons. The fraction of sp³-hybridized carbons (Fsp3) is 0.0345. The van der Waals surface area contributed by atoms with E-state index in [0.29, 0.717) is 27.6 Å². The van der Waals surface area contributed by atoms with Crippen LogP contribution in [-0.2, 0) is 4.74 Å². The van der Waals surface area contributed by atoms with Gasteiger partial charge in [0.15, 0.2) is 6.10 Å². The molecule has 0 spiro atoms. The summed E-state index contributed by atoms with van der Waals surface area (Å²) in [4.78, 5) is 26.5. The van der Waals surface area contributed by atoms with Crippen LogP contribution >= 0.6 is 11.6 Å². The Bertz CT molecular complexity index is 1500. The van der Waals surface area contributed by atoms with Crippen molar-refractivity contribution in [3.63, 3.8) is 0 Å². The largest absolute Gasteiger partial charge is 0.445 e. The molecule has 176 valence electrons. The molecule has 0 bridgehead atoms. The summed E-state index contributed by atoms with van der Waals surface area (Å²) in [7, 11) is 0. The van der Waals surface area contributed by atoms with E-state index in [-0.39, 0.29) is 17.2 Å². The highest BCUT2D eigenvalue weighted by Crippen LogP contribution is 2.28. The molecule has 6 nitrogen and oxygen atoms in total. The second-order valence-corrected chi connectivity index (χ2v) is 8.36. The summed E-state index contributed by atoms with van der Waals surface area (Å²) in [6.45, 7) is 0. The van der Waals surface area contributed by atoms with Gasteiger partial charge in [0.2, 0.25) is 17.6 Å². The molecule has 0 aliphatic heterocycles. The first-order valence-corrected chi connectivity index (χ1v) is 11.5. The monoisotopic (exact) mass is 494 g/mol. The number of carbonyl (C=O) groups excluding carboxylic acids is 2. The highest BCUT2D eigenvalue weighted by molar-refractivity contribution is 6.30. The van der Waals surface area contributed by atoms with Crippen LogP contribution < -0.4 is 0 Å². The van der Waals surface area contributed by atoms with Crippen molar-refractivity contribution in [1.82, 2.24) is 10.2 Å². The second-order valence-electron chi connectivity index (χ2n) is 7.93. The molecule has 4 aromatic carbocycles. The minimum Gasteiger partial charge on any atom is -0.445 e. The molecule has 0 fully saturated rings. The Morgan fingerprint density at radius 2 is 1.28 bits per heavy atom. The van der Waals surface area contributed by atoms with Crippen molar-refractivity contribution in [3.05, 3.63) is 131 Å². The van der Waals surface area contributed by atoms with Crippen LogP contribution in [0.5, 0.6) is 0 Å². The number of halogens is 1. The molecular formula is C29H19ClN2O4. The van der Waals surface area contributed by atoms with Gasteiger partial charge in [0.05, 0.1) is 5.56 Å². The van der Waals surface area contributed by atoms with Gasteiger partial charge in [-0.1, -0.05) is 78.3 Å². The molecule has 1 aromatic heterocycles. The Morgan fingerprint density at radius 3 is 1.97 bits per heavy atom. The number of rotatable bonds is 7. The van der Waals surface area contributed by atoms with Gasteiger partial charge in [-0.05, 0) is 42.5 Å². The molecule has 0 saturated heterocycles. The first-order chi connectivity index (χ1) is 17.6. The average molecular weight is 495 g/mol. The van der Waals surface area contributed by atoms with Crippen LogP contribution in [0.3, 0.4) is 0 Å². The third-order valence-electron chi connectivity index (χ3n) is 5.49. The van der Waals surface area contributed by atoms with Crippen LogP contribution in [0.15, 0.2) is 114 Å². The number of ether oxygens (including phenoxy) is 1. The smallest absolute Gasteiger partial charge is 0.339 e. The van der Waals surface area contributed by atoms with Gasteiger partial charge in [0.1, 0.15) is 0 Å². The molecule has 0 aliphatic rings. The summed E-state index contributed by atoms with van der Waals surface area (Å²) in [5, 5.41) is 8.73. The molecule has 0 unspecified atom stereocenters. The molecule has 0 saturated carbocycles. The molecule has 1 atom stereocenters. The number of benzene rings is 4. The normalized spacial score (nSPS) is 11.6. The Kier molecular flexibility index (Phi) is 6.69. The Morgan fingerprint density at radius 1 is 0.694 bits per heavy atom. The van der Waals surface area contributed by atoms with E-state index in [2.05, 4.69) is 10.2 Å². The topological polar surface area (TPSA) is 82.3 Å². The fourth-order valence-corrected chi connectivity index (χ4v) is 3.78. The van der Waals surface area contributed by atoms with Gasteiger partial charge in [-0.2, -0.15) is 0 Å². The molecule has 5 rings (SSSR count). The quantitative estimate of drug-likeness (QED) is 0.182. The number of hydrogen-bond donors (Lipinski definition) is 0. The minimum absolute atomic E-state index is 0.242. The zero-order chi connectivity index (χ0) is 24.9. The number of aromatic nitrogens is 2. The number of carbonyl (C=O) groups is 2. The van der Waals surface area contributed by atoms with Crippen LogP contribution in [0.1, 0.15) is 32.4 Å². The third-order valence-corrected chi connectivity index (χ3v) is 5.74. The van der Waals surface area contributed by atoms with E-state index in [1.54, 1.807) is 72.8 Å². The van der Waals surface area contributed by atoms with Crippen molar-refractivity contribution in [3.8, 4) is 22.9 Å². The van der Waals surface area contributed by atoms with Crippen molar-refractivity contribution < 1.29 is 18.7 Å². The van der Waals surface area contributed by atoms with Gasteiger partial charge in [0.25, 0.3) is 0 Å². The summed E-state index contributed by atoms with van der Waals surface area (Å²) in [6.07, 6.45) is -1.14. The predicted molar refractivity (Wildman–Crippen MR) is 136 cm³/mol. The summed E-state index contributed by atoms with van der Waals surface area (Å²) in [5.74, 6) is -0.372. The number of hydrogen-bond acceptors (Lipinski definition) is 6. The van der Waals surface area contributed by atoms with Crippen molar-refractivity contribution >= 4 is 23.4 Å². The first kappa shape index (κ1) is 23.2. The Labute approximate surface area is 212 Å². The molecule has 0 aliphatic carbocycles. The number of ketones is 1. The molecule has 0 N–H and O–H groups in total. The second kappa shape index (κ2) is 10.4. The Hall–Kier alpha value is -4.55. The first-order valence-electron chi connectivity index (χ1n) is 11.1. The average Bonchev–Trinajstić information content (AvgIpc) is 3.43. The van der Waals surface area contributed by atoms with Crippen molar-refractivity contribution in [2.75, 3.05) is 0 Å². The summed E-state index contributed by atoms with van der Waals surface area (Å²) >= 11 is 6.02. The lowest BCUT2D eigenvalue weighted by molar-refractivity contribution is 0.0280. The van der Waals surface area contributed by atoms with Gasteiger partial charge >= 0.3 is 5.97 Å². The van der Waals surface area contributed by atoms with E-state index in [1.807, 2.05) is 36.4 Å². The van der Waals surface area contributed by atoms with E-state index in [9.17, 15) is 9.59 Å². The van der Waals surface area contributed by atoms with Gasteiger partial charge < -0.3 is 9.15 Å². The van der Waals surface area contributed by atoms with Crippen LogP contribution in [0, 0.1) is 0 Å². The van der Waals surface area contributed by atoms with Crippen molar-refractivity contribution in [2.45, 2.75) is 6.10 Å². The third kappa shape index (κ3) is 5.09. The van der Waals surface area contributed by atoms with Crippen LogP contribution in [-0.4, -0.2) is 21.9 Å². The highest BCUT2D eigenvalue weighted by Gasteiger charge is 2.27. The maximum atomic E-state index is 13.3. The van der Waals surface area contributed by atoms with Gasteiger partial charge in [-0.25, -0.2) is 4.79 Å². The fourth-order valence-electron chi connectivity index (χ4n) is 3.66. The zero-order valence-electron chi connectivity index (χ0n) is 18.9. The Balaban J connectivity index is 1.42. The molecule has 1 heterocycles. The SMILES string of the molecule is O=C(O[C@@H](C(=O)c1ccccc1)c1ccc(Cl)cc1)c1cccc(-c2nnc(-c3ccccc3)o2)c1. The number of Topliss-reactive ketones (excluding diaryl/α,β-unsaturated/α-hetero) is 1. The van der Waals surface area contributed by atoms with E-state index in [4.69, 9.17) is 20.8 Å². The van der Waals surface area contributed by atoms with Crippen LogP contribution in [0.2, 0.25) is 5.02 Å². The summed E-state index contributed by atoms with van der Waals surface area (Å²) < 4.78 is 11.6. The van der Waals surface area contributed by atoms with E-state index in [1.165, 1.54) is 0 Å². The van der Waals surface area contributed by atoms with Gasteiger partial charge in [-0.3, -0.25) is 4.79 Å². The molecule has 7 heteroatoms. The number of nitrogens with zero attached hydrogens (tertiary/aromatic N) is 2. The summed E-state index contributed by atoms with van der Waals surface area (Å²) in [5.41, 5.74) is 2.53. The van der Waals surface area contributed by atoms with Gasteiger partial charge in [0, 0.05) is 27.3 Å². The summed E-state index contributed by atoms with van der Waals surface area (Å²) in [6, 6.07) is 31.3. The lowest BCUT2D eigenvalue weighted by Crippen LogP contribution is -2.20. The van der Waals surface area contributed by atoms with E-state index >= 15 is 0 Å². The standard InChI is InChI=1S/C29H19ClN2O4/c30-24-16-14-20(15-17-24)26(25(33)19-8-3-1-4-9-19)35-29(34)23-13-7-12-22(18-23)28-32-31-27(36-28)21-10-5-2-6-11-21/h1-18,26H/t26-/m1/s1. The lowest BCUT2D eigenvalue weighted by atomic mass is 9.99. The van der Waals surface area contributed by atoms with Crippen LogP contribution in [0.25, 0.3) is 22.9 Å². The number of esters is 1. The molecule has 36 heavy (non-hydrogen) atoms.